The maximum absolute atomic E-state index is 13.1. The molecular formula is C24H26N6O8S. The summed E-state index contributed by atoms with van der Waals surface area (Å²) in [6.07, 6.45) is 0.276. The number of aliphatic carboxylic acids is 1. The van der Waals surface area contributed by atoms with Crippen molar-refractivity contribution in [2.24, 2.45) is 11.8 Å². The van der Waals surface area contributed by atoms with Crippen LogP contribution < -0.4 is 0 Å². The number of carbonyl (C=O) groups is 3. The third kappa shape index (κ3) is 4.71. The van der Waals surface area contributed by atoms with E-state index in [9.17, 15) is 34.7 Å². The third-order valence-electron chi connectivity index (χ3n) is 7.34. The Labute approximate surface area is 226 Å². The molecule has 2 amide bonds. The zero-order valence-corrected chi connectivity index (χ0v) is 21.8. The number of aromatic amines is 1. The van der Waals surface area contributed by atoms with E-state index < -0.39 is 47.0 Å². The molecule has 6 atom stereocenters. The summed E-state index contributed by atoms with van der Waals surface area (Å²) in [6, 6.07) is 4.71. The van der Waals surface area contributed by atoms with Crippen molar-refractivity contribution in [3.8, 4) is 0 Å². The number of benzene rings is 1. The molecule has 0 spiro atoms. The standard InChI is InChI=1S/C24H26N6O8S/c1-11-18-17(12(2)31)22(32)29(18)19(23(33)34)20(11)39-15-7-16(21-25-10-26-27-21)28(8-15)24(35)38-9-13-3-5-14(6-4-13)30(36)37/h3-6,10-12,15-18,31H,7-9H2,1-2H3,(H,33,34)(H,25,26,27)/t11-,12-,15+,16+,17-,18-/m1/s1. The van der Waals surface area contributed by atoms with E-state index in [1.807, 2.05) is 6.92 Å². The molecule has 3 aliphatic heterocycles. The van der Waals surface area contributed by atoms with E-state index in [0.29, 0.717) is 22.7 Å². The molecule has 39 heavy (non-hydrogen) atoms. The number of non-ortho nitro benzene ring substituents is 1. The van der Waals surface area contributed by atoms with E-state index in [-0.39, 0.29) is 35.7 Å². The highest BCUT2D eigenvalue weighted by Gasteiger charge is 2.60. The van der Waals surface area contributed by atoms with Gasteiger partial charge in [-0.25, -0.2) is 14.6 Å². The number of aliphatic hydroxyl groups excluding tert-OH is 1. The number of hydrogen-bond donors (Lipinski definition) is 3. The highest BCUT2D eigenvalue weighted by Crippen LogP contribution is 2.53. The number of amides is 2. The Hall–Kier alpha value is -3.98. The van der Waals surface area contributed by atoms with E-state index >= 15 is 0 Å². The number of fused-ring (bicyclic) bond motifs is 1. The van der Waals surface area contributed by atoms with Gasteiger partial charge >= 0.3 is 12.1 Å². The fourth-order valence-electron chi connectivity index (χ4n) is 5.51. The van der Waals surface area contributed by atoms with E-state index in [4.69, 9.17) is 4.74 Å². The van der Waals surface area contributed by atoms with Crippen LogP contribution in [0.1, 0.15) is 37.7 Å². The van der Waals surface area contributed by atoms with Crippen LogP contribution in [0.4, 0.5) is 10.5 Å². The SMILES string of the molecule is C[C@@H](O)[C@H]1C(=O)N2C(C(=O)O)=C(S[C@H]3C[C@@H](c4nc[nH]n4)N(C(=O)OCc4ccc([N+](=O)[O-])cc4)C3)[C@H](C)[C@H]12. The summed E-state index contributed by atoms with van der Waals surface area (Å²) < 4.78 is 5.49. The van der Waals surface area contributed by atoms with Crippen LogP contribution in [0.3, 0.4) is 0 Å². The van der Waals surface area contributed by atoms with Gasteiger partial charge in [0.05, 0.1) is 29.0 Å². The van der Waals surface area contributed by atoms with Crippen molar-refractivity contribution in [2.45, 2.75) is 50.3 Å². The first-order valence-electron chi connectivity index (χ1n) is 12.3. The Morgan fingerprint density at radius 3 is 2.64 bits per heavy atom. The van der Waals surface area contributed by atoms with Crippen LogP contribution in [-0.2, 0) is 20.9 Å². The van der Waals surface area contributed by atoms with Crippen LogP contribution in [0.25, 0.3) is 0 Å². The van der Waals surface area contributed by atoms with Gasteiger partial charge in [0.2, 0.25) is 5.91 Å². The molecule has 0 aliphatic carbocycles. The van der Waals surface area contributed by atoms with Crippen molar-refractivity contribution in [2.75, 3.05) is 6.54 Å². The molecule has 0 bridgehead atoms. The predicted molar refractivity (Wildman–Crippen MR) is 135 cm³/mol. The fraction of sp³-hybridized carbons (Fsp3) is 0.458. The minimum atomic E-state index is -1.22. The summed E-state index contributed by atoms with van der Waals surface area (Å²) in [7, 11) is 0. The summed E-state index contributed by atoms with van der Waals surface area (Å²) in [5.74, 6) is -2.21. The van der Waals surface area contributed by atoms with Crippen molar-refractivity contribution < 1.29 is 34.3 Å². The highest BCUT2D eigenvalue weighted by atomic mass is 32.2. The van der Waals surface area contributed by atoms with Crippen LogP contribution in [0.15, 0.2) is 41.2 Å². The summed E-state index contributed by atoms with van der Waals surface area (Å²) in [5, 5.41) is 37.4. The van der Waals surface area contributed by atoms with Crippen LogP contribution in [0.2, 0.25) is 0 Å². The number of carboxylic acids is 1. The lowest BCUT2D eigenvalue weighted by Gasteiger charge is -2.46. The molecule has 14 nitrogen and oxygen atoms in total. The smallest absolute Gasteiger partial charge is 0.410 e. The van der Waals surface area contributed by atoms with Gasteiger partial charge in [-0.15, -0.1) is 11.8 Å². The lowest BCUT2D eigenvalue weighted by molar-refractivity contribution is -0.384. The molecule has 4 heterocycles. The lowest BCUT2D eigenvalue weighted by atomic mass is 9.79. The first kappa shape index (κ1) is 26.6. The number of thioether (sulfide) groups is 1. The molecule has 2 aromatic rings. The van der Waals surface area contributed by atoms with Crippen LogP contribution >= 0.6 is 11.8 Å². The molecule has 5 rings (SSSR count). The molecule has 1 aromatic heterocycles. The van der Waals surface area contributed by atoms with Gasteiger partial charge in [0.25, 0.3) is 5.69 Å². The average Bonchev–Trinajstić information content (AvgIpc) is 3.61. The van der Waals surface area contributed by atoms with E-state index in [2.05, 4.69) is 15.2 Å². The van der Waals surface area contributed by atoms with Gasteiger partial charge in [0.1, 0.15) is 18.6 Å². The van der Waals surface area contributed by atoms with E-state index in [1.165, 1.54) is 59.1 Å². The largest absolute Gasteiger partial charge is 0.477 e. The van der Waals surface area contributed by atoms with Gasteiger partial charge in [-0.2, -0.15) is 5.10 Å². The Morgan fingerprint density at radius 2 is 2.05 bits per heavy atom. The maximum atomic E-state index is 13.1. The number of carboxylic acid groups (broad SMARTS) is 1. The number of H-pyrrole nitrogens is 1. The van der Waals surface area contributed by atoms with Crippen molar-refractivity contribution in [1.82, 2.24) is 25.0 Å². The minimum absolute atomic E-state index is 0.0726. The monoisotopic (exact) mass is 558 g/mol. The Morgan fingerprint density at radius 1 is 1.33 bits per heavy atom. The van der Waals surface area contributed by atoms with Gasteiger partial charge in [-0.3, -0.25) is 24.9 Å². The molecule has 15 heteroatoms. The highest BCUT2D eigenvalue weighted by molar-refractivity contribution is 8.03. The number of likely N-dealkylation sites (tertiary alicyclic amines) is 1. The number of aromatic nitrogens is 3. The summed E-state index contributed by atoms with van der Waals surface area (Å²) >= 11 is 1.31. The van der Waals surface area contributed by atoms with E-state index in [1.54, 1.807) is 0 Å². The summed E-state index contributed by atoms with van der Waals surface area (Å²) in [6.45, 7) is 3.48. The maximum Gasteiger partial charge on any atom is 0.410 e. The number of aliphatic hydroxyl groups is 1. The number of ether oxygens (including phenoxy) is 1. The second-order valence-electron chi connectivity index (χ2n) is 9.75. The fourth-order valence-corrected chi connectivity index (χ4v) is 7.03. The number of rotatable bonds is 8. The minimum Gasteiger partial charge on any atom is -0.477 e. The number of nitrogens with zero attached hydrogens (tertiary/aromatic N) is 5. The molecule has 2 fully saturated rings. The zero-order valence-electron chi connectivity index (χ0n) is 21.0. The van der Waals surface area contributed by atoms with Crippen LogP contribution in [-0.4, -0.2) is 82.0 Å². The molecule has 2 saturated heterocycles. The van der Waals surface area contributed by atoms with Crippen molar-refractivity contribution >= 4 is 35.4 Å². The first-order chi connectivity index (χ1) is 18.6. The lowest BCUT2D eigenvalue weighted by Crippen LogP contribution is -2.63. The molecule has 206 valence electrons. The molecular weight excluding hydrogens is 532 g/mol. The second-order valence-corrected chi connectivity index (χ2v) is 11.1. The third-order valence-corrected chi connectivity index (χ3v) is 8.84. The summed E-state index contributed by atoms with van der Waals surface area (Å²) in [4.78, 5) is 55.8. The number of β-lactam (4-membered cyclic amide) rings is 1. The Kier molecular flexibility index (Phi) is 7.03. The molecule has 3 aliphatic rings. The van der Waals surface area contributed by atoms with Crippen LogP contribution in [0, 0.1) is 22.0 Å². The second kappa shape index (κ2) is 10.3. The van der Waals surface area contributed by atoms with Gasteiger partial charge < -0.3 is 19.8 Å². The molecule has 0 radical (unpaired) electrons. The van der Waals surface area contributed by atoms with Crippen molar-refractivity contribution in [3.05, 3.63) is 62.7 Å². The average molecular weight is 559 g/mol. The molecule has 3 N–H and O–H groups in total. The topological polar surface area (TPSA) is 192 Å². The normalized spacial score (nSPS) is 26.8. The zero-order chi connectivity index (χ0) is 28.0. The number of hydrogen-bond acceptors (Lipinski definition) is 10. The molecule has 0 unspecified atom stereocenters. The Balaban J connectivity index is 1.32. The number of nitro groups is 1. The molecule has 1 aromatic carbocycles. The Bertz CT molecular complexity index is 1330. The summed E-state index contributed by atoms with van der Waals surface area (Å²) in [5.41, 5.74) is 0.427. The van der Waals surface area contributed by atoms with Crippen LogP contribution in [0.5, 0.6) is 0 Å². The predicted octanol–water partition coefficient (Wildman–Crippen LogP) is 2.05. The number of nitro benzene ring substituents is 1. The van der Waals surface area contributed by atoms with Crippen molar-refractivity contribution in [1.29, 1.82) is 0 Å². The van der Waals surface area contributed by atoms with Crippen molar-refractivity contribution in [3.63, 3.8) is 0 Å². The van der Waals surface area contributed by atoms with Gasteiger partial charge in [0.15, 0.2) is 5.82 Å². The van der Waals surface area contributed by atoms with E-state index in [0.717, 1.165) is 0 Å². The van der Waals surface area contributed by atoms with Gasteiger partial charge in [-0.05, 0) is 31.0 Å². The number of carbonyl (C=O) groups excluding carboxylic acids is 2. The number of nitrogens with one attached hydrogen (secondary N) is 1. The first-order valence-corrected chi connectivity index (χ1v) is 13.1. The van der Waals surface area contributed by atoms with Gasteiger partial charge in [-0.1, -0.05) is 6.92 Å². The molecule has 0 saturated carbocycles. The van der Waals surface area contributed by atoms with Gasteiger partial charge in [0, 0.05) is 34.8 Å². The quantitative estimate of drug-likeness (QED) is 0.244.